The average molecular weight is 268 g/mol. The Balaban J connectivity index is 2.61. The second kappa shape index (κ2) is 4.68. The Bertz CT molecular complexity index is 546. The van der Waals surface area contributed by atoms with Crippen LogP contribution in [0.5, 0.6) is 0 Å². The zero-order chi connectivity index (χ0) is 13.3. The molecule has 0 aliphatic rings. The zero-order valence-electron chi connectivity index (χ0n) is 10.1. The molecule has 0 radical (unpaired) electrons. The third-order valence-corrected chi connectivity index (χ3v) is 2.76. The smallest absolute Gasteiger partial charge is 0.273 e. The Morgan fingerprint density at radius 3 is 2.61 bits per heavy atom. The predicted molar refractivity (Wildman–Crippen MR) is 67.8 cm³/mol. The predicted octanol–water partition coefficient (Wildman–Crippen LogP) is 1.86. The molecule has 6 heteroatoms. The van der Waals surface area contributed by atoms with Gasteiger partial charge in [0.05, 0.1) is 17.0 Å². The molecule has 0 saturated carbocycles. The number of aliphatic hydroxyl groups is 2. The van der Waals surface area contributed by atoms with Gasteiger partial charge in [-0.2, -0.15) is 5.10 Å². The van der Waals surface area contributed by atoms with E-state index in [1.54, 1.807) is 29.2 Å². The van der Waals surface area contributed by atoms with Gasteiger partial charge in [0.2, 0.25) is 0 Å². The van der Waals surface area contributed by atoms with Gasteiger partial charge in [-0.1, -0.05) is 11.6 Å². The van der Waals surface area contributed by atoms with Crippen molar-refractivity contribution in [1.29, 1.82) is 0 Å². The third kappa shape index (κ3) is 2.38. The molecular weight excluding hydrogens is 254 g/mol. The molecule has 0 saturated heterocycles. The number of hydrogen-bond donors (Lipinski definition) is 2. The van der Waals surface area contributed by atoms with Crippen molar-refractivity contribution in [2.45, 2.75) is 25.1 Å². The number of aromatic nitrogens is 3. The maximum atomic E-state index is 9.55. The van der Waals surface area contributed by atoms with E-state index in [2.05, 4.69) is 10.1 Å². The van der Waals surface area contributed by atoms with E-state index >= 15 is 0 Å². The Morgan fingerprint density at radius 2 is 2.00 bits per heavy atom. The van der Waals surface area contributed by atoms with Crippen molar-refractivity contribution in [3.63, 3.8) is 0 Å². The molecular formula is C12H14ClN3O2. The van der Waals surface area contributed by atoms with E-state index in [4.69, 9.17) is 11.6 Å². The molecule has 2 rings (SSSR count). The number of hydrogen-bond acceptors (Lipinski definition) is 4. The normalized spacial score (nSPS) is 12.1. The summed E-state index contributed by atoms with van der Waals surface area (Å²) in [6.07, 6.45) is 3.21. The maximum absolute atomic E-state index is 9.55. The van der Waals surface area contributed by atoms with E-state index in [0.717, 1.165) is 0 Å². The highest BCUT2D eigenvalue weighted by molar-refractivity contribution is 6.22. The Kier molecular flexibility index (Phi) is 3.38. The van der Waals surface area contributed by atoms with Crippen LogP contribution in [0.4, 0.5) is 0 Å². The standard InChI is InChI=1S/C12H14ClN3O2/c1-8(2)16-10(5-7-15-16)11-9(12(13,17)18)4-3-6-14-11/h3-8,17-18H,1-2H3. The summed E-state index contributed by atoms with van der Waals surface area (Å²) in [5.41, 5.74) is 1.23. The lowest BCUT2D eigenvalue weighted by Crippen LogP contribution is -2.19. The second-order valence-corrected chi connectivity index (χ2v) is 4.77. The molecule has 0 aliphatic heterocycles. The lowest BCUT2D eigenvalue weighted by atomic mass is 10.1. The molecule has 0 fully saturated rings. The van der Waals surface area contributed by atoms with Crippen molar-refractivity contribution in [2.75, 3.05) is 0 Å². The highest BCUT2D eigenvalue weighted by Gasteiger charge is 2.28. The van der Waals surface area contributed by atoms with Crippen LogP contribution in [0.3, 0.4) is 0 Å². The van der Waals surface area contributed by atoms with Crippen LogP contribution in [-0.2, 0) is 5.25 Å². The molecule has 2 N–H and O–H groups in total. The average Bonchev–Trinajstić information content (AvgIpc) is 2.76. The summed E-state index contributed by atoms with van der Waals surface area (Å²) in [5.74, 6) is 0. The molecule has 0 unspecified atom stereocenters. The lowest BCUT2D eigenvalue weighted by molar-refractivity contribution is -0.0899. The molecule has 2 aromatic rings. The highest BCUT2D eigenvalue weighted by Crippen LogP contribution is 2.31. The minimum Gasteiger partial charge on any atom is -0.350 e. The van der Waals surface area contributed by atoms with E-state index in [9.17, 15) is 10.2 Å². The van der Waals surface area contributed by atoms with Gasteiger partial charge in [-0.3, -0.25) is 9.67 Å². The molecule has 0 atom stereocenters. The van der Waals surface area contributed by atoms with Crippen molar-refractivity contribution in [3.05, 3.63) is 36.2 Å². The fraction of sp³-hybridized carbons (Fsp3) is 0.333. The van der Waals surface area contributed by atoms with Gasteiger partial charge in [-0.05, 0) is 32.0 Å². The third-order valence-electron chi connectivity index (χ3n) is 2.55. The lowest BCUT2D eigenvalue weighted by Gasteiger charge is -2.18. The molecule has 2 aromatic heterocycles. The van der Waals surface area contributed by atoms with Gasteiger partial charge in [0, 0.05) is 18.4 Å². The van der Waals surface area contributed by atoms with E-state index in [1.165, 1.54) is 6.07 Å². The molecule has 0 aromatic carbocycles. The van der Waals surface area contributed by atoms with Crippen LogP contribution in [0.15, 0.2) is 30.6 Å². The minimum absolute atomic E-state index is 0.131. The summed E-state index contributed by atoms with van der Waals surface area (Å²) in [6, 6.07) is 5.01. The fourth-order valence-corrected chi connectivity index (χ4v) is 1.93. The SMILES string of the molecule is CC(C)n1nccc1-c1ncccc1C(O)(O)Cl. The minimum atomic E-state index is -2.45. The van der Waals surface area contributed by atoms with Gasteiger partial charge >= 0.3 is 0 Å². The first-order valence-electron chi connectivity index (χ1n) is 5.54. The maximum Gasteiger partial charge on any atom is 0.273 e. The second-order valence-electron chi connectivity index (χ2n) is 4.24. The number of rotatable bonds is 3. The molecule has 5 nitrogen and oxygen atoms in total. The van der Waals surface area contributed by atoms with Crippen molar-refractivity contribution in [2.24, 2.45) is 0 Å². The van der Waals surface area contributed by atoms with Crippen molar-refractivity contribution < 1.29 is 10.2 Å². The van der Waals surface area contributed by atoms with Gasteiger partial charge < -0.3 is 10.2 Å². The first-order chi connectivity index (χ1) is 8.41. The van der Waals surface area contributed by atoms with E-state index in [1.807, 2.05) is 13.8 Å². The number of alkyl halides is 1. The van der Waals surface area contributed by atoms with Crippen LogP contribution < -0.4 is 0 Å². The van der Waals surface area contributed by atoms with E-state index in [-0.39, 0.29) is 11.6 Å². The first-order valence-corrected chi connectivity index (χ1v) is 5.92. The summed E-state index contributed by atoms with van der Waals surface area (Å²) in [6.45, 7) is 3.95. The number of halogens is 1. The summed E-state index contributed by atoms with van der Waals surface area (Å²) >= 11 is 5.55. The van der Waals surface area contributed by atoms with Gasteiger partial charge in [-0.15, -0.1) is 0 Å². The molecule has 96 valence electrons. The van der Waals surface area contributed by atoms with Crippen LogP contribution in [-0.4, -0.2) is 25.0 Å². The van der Waals surface area contributed by atoms with E-state index < -0.39 is 5.25 Å². The van der Waals surface area contributed by atoms with Crippen molar-refractivity contribution in [3.8, 4) is 11.4 Å². The van der Waals surface area contributed by atoms with Crippen LogP contribution in [0.1, 0.15) is 25.5 Å². The van der Waals surface area contributed by atoms with Crippen LogP contribution >= 0.6 is 11.6 Å². The Hall–Kier alpha value is -1.43. The van der Waals surface area contributed by atoms with Gasteiger partial charge in [-0.25, -0.2) is 0 Å². The number of pyridine rings is 1. The topological polar surface area (TPSA) is 71.2 Å². The summed E-state index contributed by atoms with van der Waals surface area (Å²) in [7, 11) is 0. The molecule has 0 spiro atoms. The van der Waals surface area contributed by atoms with E-state index in [0.29, 0.717) is 11.4 Å². The summed E-state index contributed by atoms with van der Waals surface area (Å²) in [5, 5.41) is 20.8. The Morgan fingerprint density at radius 1 is 1.28 bits per heavy atom. The van der Waals surface area contributed by atoms with Gasteiger partial charge in [0.1, 0.15) is 0 Å². The monoisotopic (exact) mass is 267 g/mol. The molecule has 18 heavy (non-hydrogen) atoms. The summed E-state index contributed by atoms with van der Waals surface area (Å²) in [4.78, 5) is 4.17. The first kappa shape index (κ1) is 13.0. The van der Waals surface area contributed by atoms with Gasteiger partial charge in [0.15, 0.2) is 0 Å². The molecule has 0 amide bonds. The van der Waals surface area contributed by atoms with Crippen LogP contribution in [0.25, 0.3) is 11.4 Å². The van der Waals surface area contributed by atoms with Crippen LogP contribution in [0.2, 0.25) is 0 Å². The molecule has 0 aliphatic carbocycles. The van der Waals surface area contributed by atoms with Crippen molar-refractivity contribution in [1.82, 2.24) is 14.8 Å². The summed E-state index contributed by atoms with van der Waals surface area (Å²) < 4.78 is 1.74. The highest BCUT2D eigenvalue weighted by atomic mass is 35.5. The quantitative estimate of drug-likeness (QED) is 0.658. The van der Waals surface area contributed by atoms with Gasteiger partial charge in [0.25, 0.3) is 5.25 Å². The largest absolute Gasteiger partial charge is 0.350 e. The number of nitrogens with zero attached hydrogens (tertiary/aromatic N) is 3. The van der Waals surface area contributed by atoms with Crippen molar-refractivity contribution >= 4 is 11.6 Å². The Labute approximate surface area is 110 Å². The fourth-order valence-electron chi connectivity index (χ4n) is 1.78. The molecule has 0 bridgehead atoms. The zero-order valence-corrected chi connectivity index (χ0v) is 10.8. The molecule has 2 heterocycles. The van der Waals surface area contributed by atoms with Crippen LogP contribution in [0, 0.1) is 0 Å².